The molecule has 7 nitrogen and oxygen atoms in total. The molecule has 0 unspecified atom stereocenters. The molecule has 0 aromatic carbocycles. The van der Waals surface area contributed by atoms with Crippen molar-refractivity contribution in [3.63, 3.8) is 0 Å². The first kappa shape index (κ1) is 19.4. The molecule has 0 saturated heterocycles. The fourth-order valence-electron chi connectivity index (χ4n) is 1.68. The number of amides is 3. The predicted molar refractivity (Wildman–Crippen MR) is 77.8 cm³/mol. The highest BCUT2D eigenvalue weighted by Gasteiger charge is 2.25. The summed E-state index contributed by atoms with van der Waals surface area (Å²) in [5.41, 5.74) is -0.698. The summed E-state index contributed by atoms with van der Waals surface area (Å²) in [4.78, 5) is 33.7. The van der Waals surface area contributed by atoms with E-state index in [2.05, 4.69) is 10.6 Å². The molecule has 0 rings (SSSR count). The third-order valence-electron chi connectivity index (χ3n) is 2.50. The van der Waals surface area contributed by atoms with Crippen molar-refractivity contribution in [1.82, 2.24) is 10.6 Å². The van der Waals surface area contributed by atoms with Crippen LogP contribution in [0, 0.1) is 11.3 Å². The lowest BCUT2D eigenvalue weighted by Gasteiger charge is -2.21. The number of hydrogen-bond acceptors (Lipinski definition) is 4. The third kappa shape index (κ3) is 11.9. The van der Waals surface area contributed by atoms with Gasteiger partial charge in [0.1, 0.15) is 0 Å². The van der Waals surface area contributed by atoms with Crippen molar-refractivity contribution in [3.05, 3.63) is 0 Å². The first-order valence-corrected chi connectivity index (χ1v) is 6.99. The van der Waals surface area contributed by atoms with Crippen molar-refractivity contribution < 1.29 is 24.2 Å². The number of carbonyl (C=O) groups excluding carboxylic acids is 2. The highest BCUT2D eigenvalue weighted by molar-refractivity contribution is 5.94. The summed E-state index contributed by atoms with van der Waals surface area (Å²) >= 11 is 0. The molecule has 0 bridgehead atoms. The monoisotopic (exact) mass is 302 g/mol. The molecular formula is C14H26N2O5. The molecule has 21 heavy (non-hydrogen) atoms. The lowest BCUT2D eigenvalue weighted by molar-refractivity contribution is -0.139. The van der Waals surface area contributed by atoms with Crippen LogP contribution in [0.1, 0.15) is 40.5 Å². The zero-order valence-corrected chi connectivity index (χ0v) is 13.2. The number of carbonyl (C=O) groups is 3. The molecule has 7 heteroatoms. The van der Waals surface area contributed by atoms with Crippen LogP contribution in [-0.2, 0) is 14.3 Å². The molecular weight excluding hydrogens is 276 g/mol. The standard InChI is InChI=1S/C14H26N2O5/c1-10(2)9-21-6-5-15-13(20)16-11(17)7-14(3,4)8-12(18)19/h10H,5-9H2,1-4H3,(H,18,19)(H2,15,16,17,20). The molecule has 0 aliphatic carbocycles. The van der Waals surface area contributed by atoms with Crippen LogP contribution in [0.4, 0.5) is 4.79 Å². The number of urea groups is 1. The molecule has 0 fully saturated rings. The van der Waals surface area contributed by atoms with Crippen molar-refractivity contribution in [2.24, 2.45) is 11.3 Å². The number of carboxylic acid groups (broad SMARTS) is 1. The molecule has 0 spiro atoms. The van der Waals surface area contributed by atoms with E-state index in [1.807, 2.05) is 13.8 Å². The van der Waals surface area contributed by atoms with Crippen LogP contribution in [0.2, 0.25) is 0 Å². The van der Waals surface area contributed by atoms with E-state index in [1.54, 1.807) is 13.8 Å². The summed E-state index contributed by atoms with van der Waals surface area (Å²) in [6.07, 6.45) is -0.165. The Labute approximate surface area is 125 Å². The van der Waals surface area contributed by atoms with Crippen molar-refractivity contribution >= 4 is 17.9 Å². The Kier molecular flexibility index (Phi) is 8.61. The van der Waals surface area contributed by atoms with Gasteiger partial charge >= 0.3 is 12.0 Å². The molecule has 0 aromatic rings. The van der Waals surface area contributed by atoms with Gasteiger partial charge in [-0.1, -0.05) is 27.7 Å². The Bertz CT molecular complexity index is 366. The van der Waals surface area contributed by atoms with E-state index in [4.69, 9.17) is 9.84 Å². The van der Waals surface area contributed by atoms with E-state index >= 15 is 0 Å². The third-order valence-corrected chi connectivity index (χ3v) is 2.50. The number of imide groups is 1. The van der Waals surface area contributed by atoms with Crippen LogP contribution in [0.15, 0.2) is 0 Å². The lowest BCUT2D eigenvalue weighted by atomic mass is 9.85. The van der Waals surface area contributed by atoms with Gasteiger partial charge in [-0.25, -0.2) is 4.79 Å². The van der Waals surface area contributed by atoms with Crippen molar-refractivity contribution in [2.75, 3.05) is 19.8 Å². The fourth-order valence-corrected chi connectivity index (χ4v) is 1.68. The fraction of sp³-hybridized carbons (Fsp3) is 0.786. The summed E-state index contributed by atoms with van der Waals surface area (Å²) in [5, 5.41) is 13.4. The number of hydrogen-bond donors (Lipinski definition) is 3. The number of nitrogens with one attached hydrogen (secondary N) is 2. The molecule has 0 radical (unpaired) electrons. The minimum Gasteiger partial charge on any atom is -0.481 e. The molecule has 0 saturated carbocycles. The van der Waals surface area contributed by atoms with Gasteiger partial charge in [-0.05, 0) is 11.3 Å². The van der Waals surface area contributed by atoms with Gasteiger partial charge in [0.25, 0.3) is 0 Å². The number of rotatable bonds is 9. The van der Waals surface area contributed by atoms with E-state index < -0.39 is 23.3 Å². The Hall–Kier alpha value is -1.63. The van der Waals surface area contributed by atoms with Crippen LogP contribution in [0.25, 0.3) is 0 Å². The van der Waals surface area contributed by atoms with Crippen LogP contribution in [0.5, 0.6) is 0 Å². The molecule has 3 N–H and O–H groups in total. The summed E-state index contributed by atoms with van der Waals surface area (Å²) in [5.74, 6) is -1.04. The van der Waals surface area contributed by atoms with E-state index in [9.17, 15) is 14.4 Å². The van der Waals surface area contributed by atoms with Crippen molar-refractivity contribution in [3.8, 4) is 0 Å². The SMILES string of the molecule is CC(C)COCCNC(=O)NC(=O)CC(C)(C)CC(=O)O. The number of carboxylic acids is 1. The summed E-state index contributed by atoms with van der Waals surface area (Å²) in [6.45, 7) is 8.69. The lowest BCUT2D eigenvalue weighted by Crippen LogP contribution is -2.42. The largest absolute Gasteiger partial charge is 0.481 e. The zero-order chi connectivity index (χ0) is 16.5. The van der Waals surface area contributed by atoms with Gasteiger partial charge in [0.05, 0.1) is 13.0 Å². The van der Waals surface area contributed by atoms with E-state index in [0.717, 1.165) is 0 Å². The summed E-state index contributed by atoms with van der Waals surface area (Å²) in [7, 11) is 0. The maximum atomic E-state index is 11.6. The topological polar surface area (TPSA) is 105 Å². The summed E-state index contributed by atoms with van der Waals surface area (Å²) in [6, 6.07) is -0.598. The maximum absolute atomic E-state index is 11.6. The smallest absolute Gasteiger partial charge is 0.321 e. The average Bonchev–Trinajstić information content (AvgIpc) is 2.24. The average molecular weight is 302 g/mol. The van der Waals surface area contributed by atoms with Gasteiger partial charge in [-0.15, -0.1) is 0 Å². The molecule has 0 atom stereocenters. The minimum atomic E-state index is -0.973. The molecule has 0 heterocycles. The molecule has 0 aliphatic heterocycles. The van der Waals surface area contributed by atoms with Crippen molar-refractivity contribution in [2.45, 2.75) is 40.5 Å². The van der Waals surface area contributed by atoms with Crippen LogP contribution in [-0.4, -0.2) is 42.8 Å². The van der Waals surface area contributed by atoms with Crippen molar-refractivity contribution in [1.29, 1.82) is 0 Å². The molecule has 122 valence electrons. The first-order chi connectivity index (χ1) is 9.62. The van der Waals surface area contributed by atoms with E-state index in [1.165, 1.54) is 0 Å². The normalized spacial score (nSPS) is 11.3. The second kappa shape index (κ2) is 9.33. The Morgan fingerprint density at radius 1 is 1.19 bits per heavy atom. The van der Waals surface area contributed by atoms with Crippen LogP contribution in [0.3, 0.4) is 0 Å². The molecule has 3 amide bonds. The molecule has 0 aromatic heterocycles. The van der Waals surface area contributed by atoms with Gasteiger partial charge in [-0.2, -0.15) is 0 Å². The second-order valence-corrected chi connectivity index (χ2v) is 6.18. The van der Waals surface area contributed by atoms with Gasteiger partial charge in [0, 0.05) is 19.6 Å². The van der Waals surface area contributed by atoms with Crippen LogP contribution < -0.4 is 10.6 Å². The predicted octanol–water partition coefficient (Wildman–Crippen LogP) is 1.38. The number of ether oxygens (including phenoxy) is 1. The van der Waals surface area contributed by atoms with Gasteiger partial charge in [0.15, 0.2) is 0 Å². The Balaban J connectivity index is 3.89. The molecule has 0 aliphatic rings. The van der Waals surface area contributed by atoms with Gasteiger partial charge < -0.3 is 15.2 Å². The Morgan fingerprint density at radius 3 is 2.33 bits per heavy atom. The van der Waals surface area contributed by atoms with Gasteiger partial charge in [0.2, 0.25) is 5.91 Å². The number of aliphatic carboxylic acids is 1. The summed E-state index contributed by atoms with van der Waals surface area (Å²) < 4.78 is 5.28. The van der Waals surface area contributed by atoms with Gasteiger partial charge in [-0.3, -0.25) is 14.9 Å². The second-order valence-electron chi connectivity index (χ2n) is 6.18. The highest BCUT2D eigenvalue weighted by atomic mass is 16.5. The zero-order valence-electron chi connectivity index (χ0n) is 13.2. The van der Waals surface area contributed by atoms with E-state index in [0.29, 0.717) is 25.7 Å². The van der Waals surface area contributed by atoms with E-state index in [-0.39, 0.29) is 12.8 Å². The minimum absolute atomic E-state index is 0.0312. The Morgan fingerprint density at radius 2 is 1.81 bits per heavy atom. The maximum Gasteiger partial charge on any atom is 0.321 e. The van der Waals surface area contributed by atoms with Crippen LogP contribution >= 0.6 is 0 Å². The highest BCUT2D eigenvalue weighted by Crippen LogP contribution is 2.24. The quantitative estimate of drug-likeness (QED) is 0.558. The first-order valence-electron chi connectivity index (χ1n) is 6.99.